The lowest BCUT2D eigenvalue weighted by molar-refractivity contribution is -0.132. The van der Waals surface area contributed by atoms with Crippen molar-refractivity contribution in [1.82, 2.24) is 4.90 Å². The predicted octanol–water partition coefficient (Wildman–Crippen LogP) is 1.13. The second-order valence-corrected chi connectivity index (χ2v) is 5.53. The lowest BCUT2D eigenvalue weighted by atomic mass is 9.89. The van der Waals surface area contributed by atoms with E-state index in [9.17, 15) is 4.79 Å². The first-order valence-electron chi connectivity index (χ1n) is 7.32. The number of amides is 1. The summed E-state index contributed by atoms with van der Waals surface area (Å²) in [5.74, 6) is 0.503. The fourth-order valence-corrected chi connectivity index (χ4v) is 3.09. The lowest BCUT2D eigenvalue weighted by Crippen LogP contribution is -2.36. The average Bonchev–Trinajstić information content (AvgIpc) is 3.20. The number of nitrogens with zero attached hydrogens (tertiary/aromatic N) is 1. The van der Waals surface area contributed by atoms with E-state index >= 15 is 0 Å². The zero-order chi connectivity index (χ0) is 14.6. The molecule has 1 aliphatic rings. The first kappa shape index (κ1) is 15.0. The maximum Gasteiger partial charge on any atom is 0.223 e. The van der Waals surface area contributed by atoms with Crippen molar-refractivity contribution < 1.29 is 9.90 Å². The van der Waals surface area contributed by atoms with Gasteiger partial charge in [0.15, 0.2) is 0 Å². The van der Waals surface area contributed by atoms with Gasteiger partial charge in [-0.3, -0.25) is 4.79 Å². The second kappa shape index (κ2) is 6.37. The first-order chi connectivity index (χ1) is 9.67. The highest BCUT2D eigenvalue weighted by molar-refractivity contribution is 5.78. The van der Waals surface area contributed by atoms with Crippen LogP contribution in [0.2, 0.25) is 0 Å². The minimum atomic E-state index is -0.0873. The standard InChI is InChI=1S/C16H24N2O2/c1-2-18(8-9-19)15(20)11-16(10-14(16)12-17)13-6-4-3-5-7-13/h3-7,14,19H,2,8-12,17H2,1H3. The molecule has 2 atom stereocenters. The minimum absolute atomic E-state index is 0.0121. The summed E-state index contributed by atoms with van der Waals surface area (Å²) < 4.78 is 0. The van der Waals surface area contributed by atoms with E-state index in [1.807, 2.05) is 25.1 Å². The summed E-state index contributed by atoms with van der Waals surface area (Å²) >= 11 is 0. The molecule has 4 heteroatoms. The Bertz CT molecular complexity index is 449. The summed E-state index contributed by atoms with van der Waals surface area (Å²) in [7, 11) is 0. The molecule has 4 nitrogen and oxygen atoms in total. The zero-order valence-corrected chi connectivity index (χ0v) is 12.1. The van der Waals surface area contributed by atoms with E-state index in [2.05, 4.69) is 12.1 Å². The third-order valence-corrected chi connectivity index (χ3v) is 4.44. The van der Waals surface area contributed by atoms with Crippen molar-refractivity contribution in [2.45, 2.75) is 25.2 Å². The van der Waals surface area contributed by atoms with Crippen molar-refractivity contribution in [3.8, 4) is 0 Å². The van der Waals surface area contributed by atoms with Gasteiger partial charge in [0.05, 0.1) is 6.61 Å². The monoisotopic (exact) mass is 276 g/mol. The van der Waals surface area contributed by atoms with E-state index in [0.717, 1.165) is 6.42 Å². The van der Waals surface area contributed by atoms with Gasteiger partial charge in [-0.15, -0.1) is 0 Å². The number of aliphatic hydroxyl groups is 1. The van der Waals surface area contributed by atoms with Gasteiger partial charge in [-0.25, -0.2) is 0 Å². The van der Waals surface area contributed by atoms with Crippen LogP contribution >= 0.6 is 0 Å². The van der Waals surface area contributed by atoms with E-state index in [0.29, 0.717) is 32.0 Å². The summed E-state index contributed by atoms with van der Waals surface area (Å²) in [4.78, 5) is 14.1. The second-order valence-electron chi connectivity index (χ2n) is 5.53. The molecule has 0 saturated heterocycles. The molecule has 0 spiro atoms. The Morgan fingerprint density at radius 3 is 2.65 bits per heavy atom. The van der Waals surface area contributed by atoms with E-state index in [1.165, 1.54) is 5.56 Å². The summed E-state index contributed by atoms with van der Waals surface area (Å²) in [6, 6.07) is 10.2. The van der Waals surface area contributed by atoms with Crippen LogP contribution in [-0.4, -0.2) is 42.2 Å². The summed E-state index contributed by atoms with van der Waals surface area (Å²) in [6.07, 6.45) is 1.47. The topological polar surface area (TPSA) is 66.6 Å². The molecule has 2 unspecified atom stereocenters. The Hall–Kier alpha value is -1.39. The molecule has 0 heterocycles. The van der Waals surface area contributed by atoms with Crippen LogP contribution in [-0.2, 0) is 10.2 Å². The normalized spacial score (nSPS) is 24.4. The fourth-order valence-electron chi connectivity index (χ4n) is 3.09. The number of hydrogen-bond acceptors (Lipinski definition) is 3. The highest BCUT2D eigenvalue weighted by Crippen LogP contribution is 2.56. The third-order valence-electron chi connectivity index (χ3n) is 4.44. The first-order valence-corrected chi connectivity index (χ1v) is 7.32. The number of rotatable bonds is 7. The molecule has 110 valence electrons. The van der Waals surface area contributed by atoms with Crippen molar-refractivity contribution in [2.75, 3.05) is 26.2 Å². The average molecular weight is 276 g/mol. The van der Waals surface area contributed by atoms with Crippen molar-refractivity contribution >= 4 is 5.91 Å². The lowest BCUT2D eigenvalue weighted by Gasteiger charge is -2.24. The van der Waals surface area contributed by atoms with Crippen LogP contribution in [0.4, 0.5) is 0 Å². The number of carbonyl (C=O) groups excluding carboxylic acids is 1. The molecule has 0 aromatic heterocycles. The highest BCUT2D eigenvalue weighted by atomic mass is 16.3. The molecule has 3 N–H and O–H groups in total. The maximum absolute atomic E-state index is 12.4. The summed E-state index contributed by atoms with van der Waals surface area (Å²) in [5.41, 5.74) is 6.95. The Morgan fingerprint density at radius 1 is 1.45 bits per heavy atom. The number of likely N-dealkylation sites (N-methyl/N-ethyl adjacent to an activating group) is 1. The molecular weight excluding hydrogens is 252 g/mol. The SMILES string of the molecule is CCN(CCO)C(=O)CC1(c2ccccc2)CC1CN. The number of hydrogen-bond donors (Lipinski definition) is 2. The van der Waals surface area contributed by atoms with Gasteiger partial charge < -0.3 is 15.7 Å². The van der Waals surface area contributed by atoms with Gasteiger partial charge in [0.25, 0.3) is 0 Å². The number of aliphatic hydroxyl groups excluding tert-OH is 1. The molecule has 1 fully saturated rings. The molecule has 0 aliphatic heterocycles. The Balaban J connectivity index is 2.13. The predicted molar refractivity (Wildman–Crippen MR) is 79.2 cm³/mol. The van der Waals surface area contributed by atoms with E-state index < -0.39 is 0 Å². The minimum Gasteiger partial charge on any atom is -0.395 e. The number of benzene rings is 1. The van der Waals surface area contributed by atoms with Crippen LogP contribution in [0.15, 0.2) is 30.3 Å². The molecule has 0 radical (unpaired) electrons. The molecule has 1 aromatic carbocycles. The van der Waals surface area contributed by atoms with Crippen LogP contribution < -0.4 is 5.73 Å². The Morgan fingerprint density at radius 2 is 2.15 bits per heavy atom. The van der Waals surface area contributed by atoms with Gasteiger partial charge in [0, 0.05) is 24.9 Å². The number of nitrogens with two attached hydrogens (primary N) is 1. The summed E-state index contributed by atoms with van der Waals surface area (Å²) in [5, 5.41) is 9.03. The van der Waals surface area contributed by atoms with Gasteiger partial charge in [0.1, 0.15) is 0 Å². The molecule has 1 amide bonds. The van der Waals surface area contributed by atoms with Gasteiger partial charge in [0.2, 0.25) is 5.91 Å². The Kier molecular flexibility index (Phi) is 4.78. The smallest absolute Gasteiger partial charge is 0.223 e. The van der Waals surface area contributed by atoms with Crippen LogP contribution in [0.3, 0.4) is 0 Å². The van der Waals surface area contributed by atoms with E-state index in [4.69, 9.17) is 10.8 Å². The quantitative estimate of drug-likeness (QED) is 0.784. The van der Waals surface area contributed by atoms with Crippen LogP contribution in [0.25, 0.3) is 0 Å². The fraction of sp³-hybridized carbons (Fsp3) is 0.562. The molecule has 20 heavy (non-hydrogen) atoms. The van der Waals surface area contributed by atoms with Crippen molar-refractivity contribution in [1.29, 1.82) is 0 Å². The largest absolute Gasteiger partial charge is 0.395 e. The highest BCUT2D eigenvalue weighted by Gasteiger charge is 2.55. The Labute approximate surface area is 120 Å². The third kappa shape index (κ3) is 2.86. The van der Waals surface area contributed by atoms with Gasteiger partial charge in [-0.2, -0.15) is 0 Å². The number of carbonyl (C=O) groups is 1. The van der Waals surface area contributed by atoms with Crippen LogP contribution in [0.5, 0.6) is 0 Å². The molecule has 1 aliphatic carbocycles. The molecule has 0 bridgehead atoms. The molecular formula is C16H24N2O2. The molecule has 1 saturated carbocycles. The van der Waals surface area contributed by atoms with Gasteiger partial charge in [-0.1, -0.05) is 30.3 Å². The van der Waals surface area contributed by atoms with E-state index in [1.54, 1.807) is 4.90 Å². The van der Waals surface area contributed by atoms with Crippen molar-refractivity contribution in [2.24, 2.45) is 11.7 Å². The van der Waals surface area contributed by atoms with Crippen LogP contribution in [0.1, 0.15) is 25.3 Å². The summed E-state index contributed by atoms with van der Waals surface area (Å²) in [6.45, 7) is 3.62. The van der Waals surface area contributed by atoms with Gasteiger partial charge in [-0.05, 0) is 31.4 Å². The van der Waals surface area contributed by atoms with Crippen molar-refractivity contribution in [3.05, 3.63) is 35.9 Å². The van der Waals surface area contributed by atoms with Crippen molar-refractivity contribution in [3.63, 3.8) is 0 Å². The van der Waals surface area contributed by atoms with Crippen LogP contribution in [0, 0.1) is 5.92 Å². The van der Waals surface area contributed by atoms with E-state index in [-0.39, 0.29) is 17.9 Å². The zero-order valence-electron chi connectivity index (χ0n) is 12.1. The molecule has 1 aromatic rings. The maximum atomic E-state index is 12.4. The van der Waals surface area contributed by atoms with Gasteiger partial charge >= 0.3 is 0 Å². The molecule has 2 rings (SSSR count).